The van der Waals surface area contributed by atoms with E-state index in [1.54, 1.807) is 40.4 Å². The van der Waals surface area contributed by atoms with E-state index in [0.717, 1.165) is 44.8 Å². The van der Waals surface area contributed by atoms with Gasteiger partial charge >= 0.3 is 0 Å². The second-order valence-corrected chi connectivity index (χ2v) is 7.17. The third-order valence-corrected chi connectivity index (χ3v) is 5.46. The zero-order valence-corrected chi connectivity index (χ0v) is 14.9. The lowest BCUT2D eigenvalue weighted by Crippen LogP contribution is -2.35. The van der Waals surface area contributed by atoms with Gasteiger partial charge in [0.25, 0.3) is 5.91 Å². The summed E-state index contributed by atoms with van der Waals surface area (Å²) < 4.78 is 1.64. The van der Waals surface area contributed by atoms with Gasteiger partial charge < -0.3 is 4.90 Å². The maximum atomic E-state index is 12.8. The molecule has 0 unspecified atom stereocenters. The van der Waals surface area contributed by atoms with Crippen LogP contribution in [0.1, 0.15) is 27.5 Å². The number of rotatable bonds is 3. The predicted octanol–water partition coefficient (Wildman–Crippen LogP) is 1.84. The van der Waals surface area contributed by atoms with Crippen molar-refractivity contribution in [2.45, 2.75) is 19.9 Å². The Morgan fingerprint density at radius 1 is 1.24 bits per heavy atom. The molecular formula is C17H20N6OS. The van der Waals surface area contributed by atoms with Crippen molar-refractivity contribution < 1.29 is 4.79 Å². The SMILES string of the molecule is Cc1ncsc1CN1CCCN(C(=O)c2cc3ncccn3n2)CC1. The molecule has 4 heterocycles. The van der Waals surface area contributed by atoms with Gasteiger partial charge in [-0.15, -0.1) is 11.3 Å². The minimum atomic E-state index is -0.0127. The largest absolute Gasteiger partial charge is 0.336 e. The van der Waals surface area contributed by atoms with Crippen LogP contribution < -0.4 is 0 Å². The van der Waals surface area contributed by atoms with Gasteiger partial charge in [0, 0.05) is 56.1 Å². The van der Waals surface area contributed by atoms with Crippen molar-refractivity contribution in [2.24, 2.45) is 0 Å². The van der Waals surface area contributed by atoms with E-state index in [2.05, 4.69) is 26.9 Å². The maximum Gasteiger partial charge on any atom is 0.274 e. The lowest BCUT2D eigenvalue weighted by Gasteiger charge is -2.21. The average Bonchev–Trinajstić information content (AvgIpc) is 3.15. The third kappa shape index (κ3) is 3.40. The van der Waals surface area contributed by atoms with E-state index in [1.807, 2.05) is 10.4 Å². The molecule has 7 nitrogen and oxygen atoms in total. The lowest BCUT2D eigenvalue weighted by molar-refractivity contribution is 0.0755. The molecule has 130 valence electrons. The molecule has 0 radical (unpaired) electrons. The number of nitrogens with zero attached hydrogens (tertiary/aromatic N) is 6. The van der Waals surface area contributed by atoms with Gasteiger partial charge in [-0.2, -0.15) is 5.10 Å². The number of fused-ring (bicyclic) bond motifs is 1. The van der Waals surface area contributed by atoms with E-state index in [0.29, 0.717) is 11.3 Å². The Morgan fingerprint density at radius 3 is 2.96 bits per heavy atom. The second-order valence-electron chi connectivity index (χ2n) is 6.23. The summed E-state index contributed by atoms with van der Waals surface area (Å²) in [5.41, 5.74) is 4.17. The molecule has 4 rings (SSSR count). The fraction of sp³-hybridized carbons (Fsp3) is 0.412. The van der Waals surface area contributed by atoms with Gasteiger partial charge in [0.1, 0.15) is 0 Å². The molecule has 1 fully saturated rings. The second kappa shape index (κ2) is 6.89. The summed E-state index contributed by atoms with van der Waals surface area (Å²) in [6.45, 7) is 6.31. The van der Waals surface area contributed by atoms with Crippen molar-refractivity contribution in [3.05, 3.63) is 46.3 Å². The van der Waals surface area contributed by atoms with E-state index < -0.39 is 0 Å². The molecule has 0 aromatic carbocycles. The van der Waals surface area contributed by atoms with E-state index >= 15 is 0 Å². The highest BCUT2D eigenvalue weighted by Crippen LogP contribution is 2.17. The molecule has 0 atom stereocenters. The Kier molecular flexibility index (Phi) is 4.46. The third-order valence-electron chi connectivity index (χ3n) is 4.54. The predicted molar refractivity (Wildman–Crippen MR) is 95.6 cm³/mol. The first-order valence-electron chi connectivity index (χ1n) is 8.42. The van der Waals surface area contributed by atoms with Gasteiger partial charge in [0.15, 0.2) is 11.3 Å². The number of carbonyl (C=O) groups excluding carboxylic acids is 1. The van der Waals surface area contributed by atoms with Crippen molar-refractivity contribution >= 4 is 22.9 Å². The molecule has 3 aromatic heterocycles. The Hall–Kier alpha value is -2.32. The average molecular weight is 356 g/mol. The molecular weight excluding hydrogens is 336 g/mol. The summed E-state index contributed by atoms with van der Waals surface area (Å²) in [7, 11) is 0. The molecule has 0 saturated carbocycles. The molecule has 1 aliphatic rings. The Labute approximate surface area is 149 Å². The lowest BCUT2D eigenvalue weighted by atomic mass is 10.3. The summed E-state index contributed by atoms with van der Waals surface area (Å²) in [6, 6.07) is 3.56. The quantitative estimate of drug-likeness (QED) is 0.716. The first-order valence-corrected chi connectivity index (χ1v) is 9.29. The molecule has 0 N–H and O–H groups in total. The van der Waals surface area contributed by atoms with Crippen molar-refractivity contribution in [3.63, 3.8) is 0 Å². The standard InChI is InChI=1S/C17H20N6OS/c1-13-15(25-12-19-13)11-21-5-3-6-22(9-8-21)17(24)14-10-16-18-4-2-7-23(16)20-14/h2,4,7,10,12H,3,5-6,8-9,11H2,1H3. The van der Waals surface area contributed by atoms with Crippen LogP contribution in [-0.2, 0) is 6.54 Å². The van der Waals surface area contributed by atoms with E-state index in [1.165, 1.54) is 4.88 Å². The van der Waals surface area contributed by atoms with Crippen LogP contribution in [0.2, 0.25) is 0 Å². The van der Waals surface area contributed by atoms with Gasteiger partial charge in [-0.1, -0.05) is 0 Å². The number of thiazole rings is 1. The zero-order valence-electron chi connectivity index (χ0n) is 14.1. The van der Waals surface area contributed by atoms with Gasteiger partial charge in [-0.05, 0) is 19.4 Å². The van der Waals surface area contributed by atoms with Gasteiger partial charge in [0.2, 0.25) is 0 Å². The van der Waals surface area contributed by atoms with Crippen molar-refractivity contribution in [1.82, 2.24) is 29.4 Å². The molecule has 8 heteroatoms. The van der Waals surface area contributed by atoms with E-state index in [4.69, 9.17) is 0 Å². The van der Waals surface area contributed by atoms with Crippen LogP contribution >= 0.6 is 11.3 Å². The summed E-state index contributed by atoms with van der Waals surface area (Å²) in [5, 5.41) is 4.35. The summed E-state index contributed by atoms with van der Waals surface area (Å²) in [5.74, 6) is -0.0127. The van der Waals surface area contributed by atoms with Gasteiger partial charge in [-0.3, -0.25) is 9.69 Å². The maximum absolute atomic E-state index is 12.8. The van der Waals surface area contributed by atoms with Crippen LogP contribution in [0.5, 0.6) is 0 Å². The fourth-order valence-corrected chi connectivity index (χ4v) is 3.93. The van der Waals surface area contributed by atoms with Crippen LogP contribution in [0.4, 0.5) is 0 Å². The summed E-state index contributed by atoms with van der Waals surface area (Å²) in [6.07, 6.45) is 4.48. The molecule has 25 heavy (non-hydrogen) atoms. The van der Waals surface area contributed by atoms with Crippen molar-refractivity contribution in [3.8, 4) is 0 Å². The van der Waals surface area contributed by atoms with Crippen LogP contribution in [0.25, 0.3) is 5.65 Å². The minimum Gasteiger partial charge on any atom is -0.336 e. The highest BCUT2D eigenvalue weighted by atomic mass is 32.1. The normalized spacial score (nSPS) is 16.3. The van der Waals surface area contributed by atoms with Crippen LogP contribution in [0.3, 0.4) is 0 Å². The molecule has 0 spiro atoms. The van der Waals surface area contributed by atoms with Crippen molar-refractivity contribution in [2.75, 3.05) is 26.2 Å². The smallest absolute Gasteiger partial charge is 0.274 e. The molecule has 1 saturated heterocycles. The minimum absolute atomic E-state index is 0.0127. The number of hydrogen-bond donors (Lipinski definition) is 0. The monoisotopic (exact) mass is 356 g/mol. The first kappa shape index (κ1) is 16.2. The van der Waals surface area contributed by atoms with Crippen molar-refractivity contribution in [1.29, 1.82) is 0 Å². The first-order chi connectivity index (χ1) is 12.2. The fourth-order valence-electron chi connectivity index (χ4n) is 3.11. The van der Waals surface area contributed by atoms with E-state index in [9.17, 15) is 4.79 Å². The number of aromatic nitrogens is 4. The van der Waals surface area contributed by atoms with Crippen LogP contribution in [0.15, 0.2) is 30.0 Å². The summed E-state index contributed by atoms with van der Waals surface area (Å²) in [4.78, 5) is 27.0. The Morgan fingerprint density at radius 2 is 2.16 bits per heavy atom. The molecule has 1 amide bonds. The number of aryl methyl sites for hydroxylation is 1. The van der Waals surface area contributed by atoms with Crippen LogP contribution in [0, 0.1) is 6.92 Å². The number of carbonyl (C=O) groups is 1. The molecule has 3 aromatic rings. The Bertz CT molecular complexity index is 855. The molecule has 0 bridgehead atoms. The molecule has 1 aliphatic heterocycles. The molecule has 0 aliphatic carbocycles. The zero-order chi connectivity index (χ0) is 17.2. The highest BCUT2D eigenvalue weighted by molar-refractivity contribution is 7.09. The van der Waals surface area contributed by atoms with E-state index in [-0.39, 0.29) is 5.91 Å². The van der Waals surface area contributed by atoms with Crippen LogP contribution in [-0.4, -0.2) is 61.5 Å². The van der Waals surface area contributed by atoms with Gasteiger partial charge in [-0.25, -0.2) is 14.5 Å². The highest BCUT2D eigenvalue weighted by Gasteiger charge is 2.23. The Balaban J connectivity index is 1.43. The number of hydrogen-bond acceptors (Lipinski definition) is 6. The van der Waals surface area contributed by atoms with Gasteiger partial charge in [0.05, 0.1) is 11.2 Å². The summed E-state index contributed by atoms with van der Waals surface area (Å²) >= 11 is 1.70. The topological polar surface area (TPSA) is 66.6 Å². The number of amides is 1.